The minimum absolute atomic E-state index is 0.0670. The maximum Gasteiger partial charge on any atom is 0.223 e. The lowest BCUT2D eigenvalue weighted by Crippen LogP contribution is -2.44. The zero-order valence-corrected chi connectivity index (χ0v) is 15.1. The average molecular weight is 356 g/mol. The van der Waals surface area contributed by atoms with E-state index in [4.69, 9.17) is 9.47 Å². The highest BCUT2D eigenvalue weighted by Gasteiger charge is 2.48. The molecule has 2 aliphatic rings. The maximum absolute atomic E-state index is 11.4. The van der Waals surface area contributed by atoms with Crippen molar-refractivity contribution in [3.05, 3.63) is 18.0 Å². The number of rotatable bonds is 4. The molecule has 0 amide bonds. The van der Waals surface area contributed by atoms with Crippen LogP contribution in [0.1, 0.15) is 26.5 Å². The Bertz CT molecular complexity index is 704. The third-order valence-corrected chi connectivity index (χ3v) is 4.89. The van der Waals surface area contributed by atoms with Gasteiger partial charge in [0.1, 0.15) is 12.2 Å². The van der Waals surface area contributed by atoms with E-state index in [9.17, 15) is 8.42 Å². The summed E-state index contributed by atoms with van der Waals surface area (Å²) in [5, 5.41) is 3.26. The number of hydrogen-bond donors (Lipinski definition) is 2. The van der Waals surface area contributed by atoms with Gasteiger partial charge in [0.05, 0.1) is 37.2 Å². The summed E-state index contributed by atoms with van der Waals surface area (Å²) in [6.45, 7) is 6.99. The summed E-state index contributed by atoms with van der Waals surface area (Å²) in [4.78, 5) is 8.82. The molecule has 0 spiro atoms. The van der Waals surface area contributed by atoms with Crippen LogP contribution in [0.4, 0.5) is 5.95 Å². The number of hydrogen-bond acceptors (Lipinski definition) is 7. The van der Waals surface area contributed by atoms with E-state index in [1.807, 2.05) is 6.07 Å². The fraction of sp³-hybridized carbons (Fsp3) is 0.733. The lowest BCUT2D eigenvalue weighted by atomic mass is 9.92. The zero-order valence-electron chi connectivity index (χ0n) is 14.3. The van der Waals surface area contributed by atoms with Crippen LogP contribution in [0, 0.1) is 0 Å². The van der Waals surface area contributed by atoms with Crippen LogP contribution in [0.3, 0.4) is 0 Å². The Morgan fingerprint density at radius 3 is 2.42 bits per heavy atom. The molecule has 1 aromatic heterocycles. The topological polar surface area (TPSA) is 102 Å². The lowest BCUT2D eigenvalue weighted by Gasteiger charge is -2.21. The third-order valence-electron chi connectivity index (χ3n) is 4.16. The highest BCUT2D eigenvalue weighted by molar-refractivity contribution is 7.88. The van der Waals surface area contributed by atoms with Gasteiger partial charge in [0.2, 0.25) is 16.0 Å². The SMILES string of the molecule is CC(C)(C)c1ccnc(N[C@H]2CO[C@H]3[C@@H]2OC[C@@H]3NS(C)(=O)=O)n1. The molecule has 0 bridgehead atoms. The monoisotopic (exact) mass is 356 g/mol. The largest absolute Gasteiger partial charge is 0.371 e. The predicted molar refractivity (Wildman–Crippen MR) is 89.4 cm³/mol. The molecular weight excluding hydrogens is 332 g/mol. The van der Waals surface area contributed by atoms with Gasteiger partial charge in [-0.25, -0.2) is 23.1 Å². The van der Waals surface area contributed by atoms with Gasteiger partial charge >= 0.3 is 0 Å². The van der Waals surface area contributed by atoms with E-state index in [0.29, 0.717) is 19.2 Å². The van der Waals surface area contributed by atoms with Crippen LogP contribution in [-0.4, -0.2) is 62.1 Å². The quantitative estimate of drug-likeness (QED) is 0.798. The van der Waals surface area contributed by atoms with E-state index >= 15 is 0 Å². The molecule has 0 saturated carbocycles. The van der Waals surface area contributed by atoms with Crippen LogP contribution in [-0.2, 0) is 24.9 Å². The third kappa shape index (κ3) is 3.85. The molecule has 8 nitrogen and oxygen atoms in total. The Balaban J connectivity index is 1.68. The Morgan fingerprint density at radius 1 is 1.17 bits per heavy atom. The van der Waals surface area contributed by atoms with Gasteiger partial charge in [-0.3, -0.25) is 0 Å². The van der Waals surface area contributed by atoms with Gasteiger partial charge in [-0.15, -0.1) is 0 Å². The van der Waals surface area contributed by atoms with Gasteiger partial charge in [0.15, 0.2) is 0 Å². The molecule has 2 saturated heterocycles. The number of nitrogens with one attached hydrogen (secondary N) is 2. The Hall–Kier alpha value is -1.29. The number of sulfonamides is 1. The molecule has 0 aromatic carbocycles. The summed E-state index contributed by atoms with van der Waals surface area (Å²) < 4.78 is 36.9. The van der Waals surface area contributed by atoms with E-state index < -0.39 is 10.0 Å². The first kappa shape index (κ1) is 17.5. The molecule has 2 aliphatic heterocycles. The molecule has 0 radical (unpaired) electrons. The molecule has 134 valence electrons. The van der Waals surface area contributed by atoms with E-state index in [2.05, 4.69) is 40.8 Å². The molecule has 2 N–H and O–H groups in total. The highest BCUT2D eigenvalue weighted by atomic mass is 32.2. The average Bonchev–Trinajstić information content (AvgIpc) is 3.01. The highest BCUT2D eigenvalue weighted by Crippen LogP contribution is 2.29. The second-order valence-electron chi connectivity index (χ2n) is 7.36. The minimum Gasteiger partial charge on any atom is -0.371 e. The summed E-state index contributed by atoms with van der Waals surface area (Å²) in [6, 6.07) is 1.42. The summed E-state index contributed by atoms with van der Waals surface area (Å²) in [6.07, 6.45) is 2.33. The second kappa shape index (κ2) is 6.21. The fourth-order valence-corrected chi connectivity index (χ4v) is 3.76. The van der Waals surface area contributed by atoms with E-state index in [0.717, 1.165) is 11.9 Å². The first-order valence-corrected chi connectivity index (χ1v) is 9.83. The lowest BCUT2D eigenvalue weighted by molar-refractivity contribution is 0.0690. The molecule has 24 heavy (non-hydrogen) atoms. The van der Waals surface area contributed by atoms with Crippen LogP contribution in [0.15, 0.2) is 12.3 Å². The van der Waals surface area contributed by atoms with Crippen molar-refractivity contribution in [1.82, 2.24) is 14.7 Å². The second-order valence-corrected chi connectivity index (χ2v) is 9.14. The Kier molecular flexibility index (Phi) is 4.54. The van der Waals surface area contributed by atoms with Crippen molar-refractivity contribution in [2.45, 2.75) is 50.5 Å². The van der Waals surface area contributed by atoms with Crippen LogP contribution in [0.25, 0.3) is 0 Å². The normalized spacial score (nSPS) is 30.3. The molecule has 0 aliphatic carbocycles. The summed E-state index contributed by atoms with van der Waals surface area (Å²) in [7, 11) is -3.30. The van der Waals surface area contributed by atoms with Crippen molar-refractivity contribution in [2.24, 2.45) is 0 Å². The van der Waals surface area contributed by atoms with Crippen molar-refractivity contribution in [3.8, 4) is 0 Å². The number of anilines is 1. The zero-order chi connectivity index (χ0) is 17.5. The van der Waals surface area contributed by atoms with Crippen molar-refractivity contribution in [1.29, 1.82) is 0 Å². The van der Waals surface area contributed by atoms with E-state index in [-0.39, 0.29) is 29.7 Å². The van der Waals surface area contributed by atoms with Gasteiger partial charge in [0, 0.05) is 11.6 Å². The molecule has 9 heteroatoms. The molecule has 3 heterocycles. The van der Waals surface area contributed by atoms with Crippen molar-refractivity contribution in [3.63, 3.8) is 0 Å². The van der Waals surface area contributed by atoms with Gasteiger partial charge in [-0.05, 0) is 6.07 Å². The van der Waals surface area contributed by atoms with Crippen LogP contribution >= 0.6 is 0 Å². The smallest absolute Gasteiger partial charge is 0.223 e. The van der Waals surface area contributed by atoms with Gasteiger partial charge in [0.25, 0.3) is 0 Å². The van der Waals surface area contributed by atoms with Crippen LogP contribution in [0.5, 0.6) is 0 Å². The van der Waals surface area contributed by atoms with Crippen molar-refractivity contribution in [2.75, 3.05) is 24.8 Å². The van der Waals surface area contributed by atoms with Crippen LogP contribution in [0.2, 0.25) is 0 Å². The summed E-state index contributed by atoms with van der Waals surface area (Å²) in [5.41, 5.74) is 0.877. The Morgan fingerprint density at radius 2 is 1.79 bits per heavy atom. The molecule has 2 fully saturated rings. The fourth-order valence-electron chi connectivity index (χ4n) is 3.01. The van der Waals surface area contributed by atoms with E-state index in [1.165, 1.54) is 0 Å². The van der Waals surface area contributed by atoms with Crippen molar-refractivity contribution >= 4 is 16.0 Å². The summed E-state index contributed by atoms with van der Waals surface area (Å²) >= 11 is 0. The first-order chi connectivity index (χ1) is 11.1. The molecule has 4 atom stereocenters. The maximum atomic E-state index is 11.4. The van der Waals surface area contributed by atoms with Crippen molar-refractivity contribution < 1.29 is 17.9 Å². The predicted octanol–water partition coefficient (Wildman–Crippen LogP) is 0.270. The first-order valence-electron chi connectivity index (χ1n) is 7.94. The summed E-state index contributed by atoms with van der Waals surface area (Å²) in [5.74, 6) is 0.528. The number of nitrogens with zero attached hydrogens (tertiary/aromatic N) is 2. The molecule has 3 rings (SSSR count). The number of ether oxygens (including phenoxy) is 2. The molecule has 1 aromatic rings. The van der Waals surface area contributed by atoms with Gasteiger partial charge < -0.3 is 14.8 Å². The minimum atomic E-state index is -3.30. The van der Waals surface area contributed by atoms with E-state index in [1.54, 1.807) is 6.20 Å². The Labute approximate surface area is 142 Å². The molecule has 0 unspecified atom stereocenters. The molecular formula is C15H24N4O4S. The standard InChI is InChI=1S/C15H24N4O4S/c1-15(2,3)11-5-6-16-14(18-11)17-9-7-22-13-10(8-23-12(9)13)19-24(4,20)21/h5-6,9-10,12-13,19H,7-8H2,1-4H3,(H,16,17,18)/t9-,10-,12+,13+/m0/s1. The number of fused-ring (bicyclic) bond motifs is 1. The van der Waals surface area contributed by atoms with Crippen LogP contribution < -0.4 is 10.0 Å². The van der Waals surface area contributed by atoms with Gasteiger partial charge in [-0.2, -0.15) is 0 Å². The van der Waals surface area contributed by atoms with Gasteiger partial charge in [-0.1, -0.05) is 20.8 Å². The number of aromatic nitrogens is 2.